The number of halogens is 15. The van der Waals surface area contributed by atoms with Crippen molar-refractivity contribution in [1.82, 2.24) is 44.1 Å². The molecular formula is C83H71F15N14O8S4. The first-order chi connectivity index (χ1) is 57.5. The van der Waals surface area contributed by atoms with E-state index in [1.165, 1.54) is 89.6 Å². The van der Waals surface area contributed by atoms with Crippen molar-refractivity contribution in [2.45, 2.75) is 111 Å². The number of hydrogen-bond acceptors (Lipinski definition) is 14. The highest BCUT2D eigenvalue weighted by Gasteiger charge is 2.41. The zero-order valence-corrected chi connectivity index (χ0v) is 68.9. The smallest absolute Gasteiger partial charge is 0.288 e. The Balaban J connectivity index is 0.000000161. The van der Waals surface area contributed by atoms with Gasteiger partial charge in [0.1, 0.15) is 0 Å². The molecule has 41 heteroatoms. The molecule has 5 aromatic heterocycles. The zero-order valence-electron chi connectivity index (χ0n) is 65.7. The Morgan fingerprint density at radius 1 is 0.339 bits per heavy atom. The molecule has 0 aliphatic carbocycles. The number of hydrogen-bond donors (Lipinski definition) is 4. The lowest BCUT2D eigenvalue weighted by atomic mass is 9.93. The summed E-state index contributed by atoms with van der Waals surface area (Å²) in [4.78, 5) is 7.39. The number of alkyl halides is 15. The van der Waals surface area contributed by atoms with Crippen LogP contribution in [0.5, 0.6) is 0 Å². The summed E-state index contributed by atoms with van der Waals surface area (Å²) < 4.78 is 298. The van der Waals surface area contributed by atoms with Crippen LogP contribution in [0, 0.1) is 20.8 Å². The third-order valence-electron chi connectivity index (χ3n) is 19.1. The highest BCUT2D eigenvalue weighted by Crippen LogP contribution is 2.44. The predicted octanol–water partition coefficient (Wildman–Crippen LogP) is 18.5. The van der Waals surface area contributed by atoms with Gasteiger partial charge in [0.05, 0.1) is 77.2 Å². The topological polar surface area (TPSA) is 337 Å². The number of aromatic nitrogens is 9. The molecule has 8 N–H and O–H groups in total. The summed E-state index contributed by atoms with van der Waals surface area (Å²) in [5.74, 6) is -0.114. The second-order valence-corrected chi connectivity index (χ2v) is 34.9. The molecule has 0 bridgehead atoms. The van der Waals surface area contributed by atoms with Gasteiger partial charge in [-0.2, -0.15) is 86.3 Å². The quantitative estimate of drug-likeness (QED) is 0.0655. The number of nitrogens with two attached hydrogens (primary N) is 4. The van der Waals surface area contributed by atoms with Crippen LogP contribution in [0.1, 0.15) is 101 Å². The first-order valence-corrected chi connectivity index (χ1v) is 42.6. The summed E-state index contributed by atoms with van der Waals surface area (Å²) in [5.41, 5.74) is 3.89. The summed E-state index contributed by atoms with van der Waals surface area (Å²) in [6.45, 7) is 13.3. The fourth-order valence-electron chi connectivity index (χ4n) is 12.8. The van der Waals surface area contributed by atoms with Gasteiger partial charge in [0, 0.05) is 40.9 Å². The molecule has 8 aromatic carbocycles. The molecular weight excluding hydrogens is 1730 g/mol. The van der Waals surface area contributed by atoms with Gasteiger partial charge in [-0.1, -0.05) is 75.7 Å². The SMILES string of the molecule is CC(C)c1ccc(C(F)(F)F)c(-c2cc(C(F)(F)F)nn2-c2ccc(S(N)(=O)=O)cc2)c1.Cc1ccc(-c2ccncc2)cc1-c1cc(C(F)(F)F)nn1-c1ccc(S(N)(=O)=O)cc1.Cc1ccc(C(C)C)c(-c2cc(C(F)(F)F)nn2-c2ccc(S(N)(=O)=O)cc2)c1.Cc1ccc(C2=CC=NC2)cc1-c1cc(C(F)(F)F)nn1-c1ccc(S(N)(=O)=O)cc1. The molecule has 13 aromatic rings. The first kappa shape index (κ1) is 92.5. The van der Waals surface area contributed by atoms with Crippen molar-refractivity contribution in [3.63, 3.8) is 0 Å². The monoisotopic (exact) mass is 1800 g/mol. The standard InChI is InChI=1S/C22H17F3N4O2S.C21H17F3N4O2S.C20H17F6N3O2S.C20H20F3N3O2S/c1-14-2-3-16(15-8-10-27-11-9-15)12-19(14)20-13-21(22(23,24)25)28-29(20)17-4-6-18(7-5-17)32(26,30)31;1-13-2-3-14(15-8-9-26-12-15)10-18(13)19-11-20(21(22,23)24)27-28(19)16-4-6-17(7-5-16)31(25,29)30;1-11(2)12-3-8-16(19(21,22)23)15(9-12)17-10-18(20(24,25)26)28-29(17)13-4-6-14(7-5-13)32(27,30)31;1-12(2)16-9-4-13(3)10-17(16)18-11-19(20(21,22)23)25-26(18)14-5-7-15(8-6-14)29(24,27)28/h2-13H,1H3,(H2,26,30,31);2-11H,12H2,1H3,(H2,25,29,30);3-11H,1-2H3,(H2,27,30,31);4-12H,1-3H3,(H2,24,27,28). The molecule has 6 heterocycles. The van der Waals surface area contributed by atoms with Crippen molar-refractivity contribution < 1.29 is 99.5 Å². The van der Waals surface area contributed by atoms with Crippen molar-refractivity contribution in [3.8, 4) is 78.9 Å². The van der Waals surface area contributed by atoms with Crippen molar-refractivity contribution in [2.24, 2.45) is 25.5 Å². The van der Waals surface area contributed by atoms with Crippen LogP contribution < -0.4 is 20.6 Å². The molecule has 0 atom stereocenters. The summed E-state index contributed by atoms with van der Waals surface area (Å²) in [6.07, 6.45) is -16.9. The summed E-state index contributed by atoms with van der Waals surface area (Å²) in [6, 6.07) is 46.9. The number of aliphatic imine (C=N–C) groups is 1. The molecule has 22 nitrogen and oxygen atoms in total. The predicted molar refractivity (Wildman–Crippen MR) is 433 cm³/mol. The van der Waals surface area contributed by atoms with Gasteiger partial charge in [0.15, 0.2) is 22.8 Å². The maximum absolute atomic E-state index is 13.7. The first-order valence-electron chi connectivity index (χ1n) is 36.4. The average molecular weight is 1810 g/mol. The molecule has 1 aliphatic rings. The second-order valence-electron chi connectivity index (χ2n) is 28.6. The van der Waals surface area contributed by atoms with Crippen LogP contribution in [0.3, 0.4) is 0 Å². The molecule has 1 aliphatic heterocycles. The van der Waals surface area contributed by atoms with E-state index in [-0.39, 0.29) is 65.6 Å². The molecule has 0 spiro atoms. The lowest BCUT2D eigenvalue weighted by Crippen LogP contribution is -2.12. The highest BCUT2D eigenvalue weighted by molar-refractivity contribution is 7.90. The highest BCUT2D eigenvalue weighted by atomic mass is 32.2. The molecule has 0 radical (unpaired) electrons. The lowest BCUT2D eigenvalue weighted by molar-refractivity contribution is -0.142. The molecule has 0 fully saturated rings. The van der Waals surface area contributed by atoms with E-state index in [9.17, 15) is 99.5 Å². The van der Waals surface area contributed by atoms with E-state index >= 15 is 0 Å². The van der Waals surface area contributed by atoms with Crippen LogP contribution in [-0.4, -0.2) is 90.5 Å². The number of pyridine rings is 1. The van der Waals surface area contributed by atoms with Crippen molar-refractivity contribution in [2.75, 3.05) is 6.54 Å². The number of nitrogens with zero attached hydrogens (tertiary/aromatic N) is 10. The Morgan fingerprint density at radius 2 is 0.677 bits per heavy atom. The second kappa shape index (κ2) is 35.2. The van der Waals surface area contributed by atoms with Gasteiger partial charge in [0.25, 0.3) is 0 Å². The van der Waals surface area contributed by atoms with Crippen molar-refractivity contribution in [1.29, 1.82) is 0 Å². The Kier molecular flexibility index (Phi) is 26.2. The lowest BCUT2D eigenvalue weighted by Gasteiger charge is -2.17. The van der Waals surface area contributed by atoms with E-state index in [2.05, 4.69) is 30.4 Å². The van der Waals surface area contributed by atoms with E-state index in [0.29, 0.717) is 45.2 Å². The van der Waals surface area contributed by atoms with Gasteiger partial charge in [0.2, 0.25) is 40.1 Å². The molecule has 0 saturated carbocycles. The van der Waals surface area contributed by atoms with Gasteiger partial charge in [-0.15, -0.1) is 0 Å². The minimum atomic E-state index is -4.92. The van der Waals surface area contributed by atoms with Crippen molar-refractivity contribution >= 4 is 51.9 Å². The van der Waals surface area contributed by atoms with Gasteiger partial charge < -0.3 is 0 Å². The summed E-state index contributed by atoms with van der Waals surface area (Å²) in [5, 5.41) is 35.1. The number of sulfonamides is 4. The number of rotatable bonds is 16. The largest absolute Gasteiger partial charge is 0.435 e. The van der Waals surface area contributed by atoms with Gasteiger partial charge in [-0.25, -0.2) is 73.0 Å². The van der Waals surface area contributed by atoms with Crippen molar-refractivity contribution in [3.05, 3.63) is 286 Å². The molecule has 0 unspecified atom stereocenters. The number of allylic oxidation sites excluding steroid dienone is 1. The number of aryl methyl sites for hydroxylation is 3. The van der Waals surface area contributed by atoms with Crippen LogP contribution in [0.25, 0.3) is 84.5 Å². The summed E-state index contributed by atoms with van der Waals surface area (Å²) >= 11 is 0. The van der Waals surface area contributed by atoms with E-state index in [0.717, 1.165) is 102 Å². The van der Waals surface area contributed by atoms with Gasteiger partial charge >= 0.3 is 30.9 Å². The Morgan fingerprint density at radius 3 is 0.992 bits per heavy atom. The average Bonchev–Trinajstić information content (AvgIpc) is 1.62. The molecule has 0 amide bonds. The van der Waals surface area contributed by atoms with Gasteiger partial charge in [-0.05, 0) is 247 Å². The number of primary sulfonamides is 4. The molecule has 0 saturated heterocycles. The molecule has 14 rings (SSSR count). The van der Waals surface area contributed by atoms with Crippen LogP contribution in [0.2, 0.25) is 0 Å². The molecule has 650 valence electrons. The summed E-state index contributed by atoms with van der Waals surface area (Å²) in [7, 11) is -15.9. The van der Waals surface area contributed by atoms with Gasteiger partial charge in [-0.3, -0.25) is 9.98 Å². The minimum absolute atomic E-state index is 0.0769. The fourth-order valence-corrected chi connectivity index (χ4v) is 14.8. The zero-order chi connectivity index (χ0) is 91.1. The number of benzene rings is 8. The van der Waals surface area contributed by atoms with E-state index in [1.54, 1.807) is 64.5 Å². The van der Waals surface area contributed by atoms with Crippen LogP contribution >= 0.6 is 0 Å². The minimum Gasteiger partial charge on any atom is -0.288 e. The Labute approximate surface area is 699 Å². The Hall–Kier alpha value is -12.3. The van der Waals surface area contributed by atoms with Crippen LogP contribution in [0.4, 0.5) is 65.9 Å². The normalized spacial score (nSPS) is 13.0. The maximum atomic E-state index is 13.7. The van der Waals surface area contributed by atoms with E-state index < -0.39 is 111 Å². The van der Waals surface area contributed by atoms with Crippen LogP contribution in [-0.2, 0) is 71.0 Å². The third-order valence-corrected chi connectivity index (χ3v) is 22.8. The van der Waals surface area contributed by atoms with E-state index in [4.69, 9.17) is 20.6 Å². The molecule has 124 heavy (non-hydrogen) atoms. The fraction of sp³-hybridized carbons (Fsp3) is 0.181. The third kappa shape index (κ3) is 21.7. The Bertz CT molecular complexity index is 6710. The van der Waals surface area contributed by atoms with E-state index in [1.807, 2.05) is 75.4 Å². The maximum Gasteiger partial charge on any atom is 0.435 e. The van der Waals surface area contributed by atoms with Crippen LogP contribution in [0.15, 0.2) is 249 Å².